The molecule has 6 heteroatoms. The molecule has 1 amide bonds. The largest absolute Gasteiger partial charge is 0.497 e. The zero-order valence-corrected chi connectivity index (χ0v) is 15.4. The summed E-state index contributed by atoms with van der Waals surface area (Å²) in [4.78, 5) is 12.0. The number of nitrogens with one attached hydrogen (secondary N) is 3. The number of carbonyl (C=O) groups excluding carboxylic acids is 1. The van der Waals surface area contributed by atoms with Gasteiger partial charge in [0.1, 0.15) is 5.75 Å². The summed E-state index contributed by atoms with van der Waals surface area (Å²) in [6.07, 6.45) is 3.90. The van der Waals surface area contributed by atoms with Crippen molar-refractivity contribution in [3.63, 3.8) is 0 Å². The molecule has 132 valence electrons. The van der Waals surface area contributed by atoms with E-state index in [1.807, 2.05) is 24.3 Å². The first-order valence-electron chi connectivity index (χ1n) is 8.48. The summed E-state index contributed by atoms with van der Waals surface area (Å²) in [6.45, 7) is 4.54. The van der Waals surface area contributed by atoms with Gasteiger partial charge in [-0.25, -0.2) is 0 Å². The smallest absolute Gasteiger partial charge is 0.242 e. The van der Waals surface area contributed by atoms with Crippen molar-refractivity contribution in [2.24, 2.45) is 11.8 Å². The minimum Gasteiger partial charge on any atom is -0.497 e. The van der Waals surface area contributed by atoms with Gasteiger partial charge in [-0.2, -0.15) is 0 Å². The highest BCUT2D eigenvalue weighted by Crippen LogP contribution is 2.29. The number of benzene rings is 1. The molecule has 1 saturated carbocycles. The molecule has 0 radical (unpaired) electrons. The predicted molar refractivity (Wildman–Crippen MR) is 99.7 cm³/mol. The number of methoxy groups -OCH3 is 1. The third-order valence-corrected chi connectivity index (χ3v) is 5.08. The highest BCUT2D eigenvalue weighted by Gasteiger charge is 2.27. The average molecular weight is 350 g/mol. The van der Waals surface area contributed by atoms with Gasteiger partial charge in [0.05, 0.1) is 13.5 Å². The van der Waals surface area contributed by atoms with Gasteiger partial charge in [0, 0.05) is 6.04 Å². The van der Waals surface area contributed by atoms with Gasteiger partial charge in [-0.3, -0.25) is 15.6 Å². The number of rotatable bonds is 4. The van der Waals surface area contributed by atoms with Crippen molar-refractivity contribution in [2.45, 2.75) is 45.6 Å². The van der Waals surface area contributed by atoms with Crippen LogP contribution in [-0.2, 0) is 11.2 Å². The zero-order valence-electron chi connectivity index (χ0n) is 14.6. The van der Waals surface area contributed by atoms with E-state index in [1.54, 1.807) is 7.11 Å². The summed E-state index contributed by atoms with van der Waals surface area (Å²) in [6, 6.07) is 7.80. The van der Waals surface area contributed by atoms with Crippen LogP contribution in [0.25, 0.3) is 0 Å². The van der Waals surface area contributed by atoms with Crippen LogP contribution < -0.4 is 20.9 Å². The van der Waals surface area contributed by atoms with Gasteiger partial charge in [-0.05, 0) is 48.2 Å². The second-order valence-corrected chi connectivity index (χ2v) is 6.95. The third kappa shape index (κ3) is 5.37. The topological polar surface area (TPSA) is 62.4 Å². The van der Waals surface area contributed by atoms with Gasteiger partial charge >= 0.3 is 0 Å². The summed E-state index contributed by atoms with van der Waals surface area (Å²) in [5, 5.41) is 3.80. The normalized spacial score (nSPS) is 23.2. The lowest BCUT2D eigenvalue weighted by atomic mass is 9.78. The zero-order chi connectivity index (χ0) is 17.5. The highest BCUT2D eigenvalue weighted by atomic mass is 32.1. The molecule has 2 rings (SSSR count). The molecule has 1 fully saturated rings. The summed E-state index contributed by atoms with van der Waals surface area (Å²) >= 11 is 5.29. The van der Waals surface area contributed by atoms with Crippen LogP contribution in [0.5, 0.6) is 5.75 Å². The molecule has 0 heterocycles. The fourth-order valence-electron chi connectivity index (χ4n) is 3.09. The Morgan fingerprint density at radius 1 is 1.21 bits per heavy atom. The Kier molecular flexibility index (Phi) is 6.85. The number of hydrogen-bond acceptors (Lipinski definition) is 3. The molecule has 0 unspecified atom stereocenters. The number of hydrogen-bond donors (Lipinski definition) is 3. The summed E-state index contributed by atoms with van der Waals surface area (Å²) in [5.41, 5.74) is 6.38. The second-order valence-electron chi connectivity index (χ2n) is 6.55. The van der Waals surface area contributed by atoms with Crippen molar-refractivity contribution in [3.8, 4) is 5.75 Å². The maximum atomic E-state index is 12.0. The van der Waals surface area contributed by atoms with E-state index in [0.717, 1.165) is 17.7 Å². The van der Waals surface area contributed by atoms with Crippen LogP contribution in [-0.4, -0.2) is 24.2 Å². The lowest BCUT2D eigenvalue weighted by Gasteiger charge is -2.35. The number of amides is 1. The van der Waals surface area contributed by atoms with E-state index in [2.05, 4.69) is 30.0 Å². The SMILES string of the molecule is COc1ccc(CC(=O)NNC(=S)N[C@H]2CCC[C@@H](C)[C@H]2C)cc1. The van der Waals surface area contributed by atoms with Crippen LogP contribution in [0.2, 0.25) is 0 Å². The van der Waals surface area contributed by atoms with Crippen molar-refractivity contribution >= 4 is 23.2 Å². The Hall–Kier alpha value is -1.82. The van der Waals surface area contributed by atoms with Gasteiger partial charge < -0.3 is 10.1 Å². The Bertz CT molecular complexity index is 562. The van der Waals surface area contributed by atoms with Gasteiger partial charge in [0.15, 0.2) is 5.11 Å². The minimum absolute atomic E-state index is 0.130. The monoisotopic (exact) mass is 349 g/mol. The first kappa shape index (κ1) is 18.5. The van der Waals surface area contributed by atoms with Crippen molar-refractivity contribution in [2.75, 3.05) is 7.11 Å². The van der Waals surface area contributed by atoms with E-state index in [0.29, 0.717) is 23.0 Å². The Balaban J connectivity index is 1.73. The second kappa shape index (κ2) is 8.87. The molecule has 1 aromatic carbocycles. The van der Waals surface area contributed by atoms with E-state index < -0.39 is 0 Å². The first-order chi connectivity index (χ1) is 11.5. The van der Waals surface area contributed by atoms with Crippen molar-refractivity contribution in [1.29, 1.82) is 0 Å². The lowest BCUT2D eigenvalue weighted by Crippen LogP contribution is -2.52. The molecular weight excluding hydrogens is 322 g/mol. The number of ether oxygens (including phenoxy) is 1. The molecular formula is C18H27N3O2S. The molecule has 1 aliphatic rings. The predicted octanol–water partition coefficient (Wildman–Crippen LogP) is 2.56. The number of thiocarbonyl (C=S) groups is 1. The van der Waals surface area contributed by atoms with E-state index in [1.165, 1.54) is 12.8 Å². The third-order valence-electron chi connectivity index (χ3n) is 4.86. The van der Waals surface area contributed by atoms with Gasteiger partial charge in [0.25, 0.3) is 0 Å². The molecule has 0 spiro atoms. The molecule has 1 aliphatic carbocycles. The molecule has 3 atom stereocenters. The van der Waals surface area contributed by atoms with E-state index in [9.17, 15) is 4.79 Å². The summed E-state index contributed by atoms with van der Waals surface area (Å²) in [7, 11) is 1.62. The Morgan fingerprint density at radius 2 is 1.92 bits per heavy atom. The van der Waals surface area contributed by atoms with Crippen LogP contribution in [0.3, 0.4) is 0 Å². The van der Waals surface area contributed by atoms with E-state index in [-0.39, 0.29) is 12.3 Å². The Morgan fingerprint density at radius 3 is 2.58 bits per heavy atom. The first-order valence-corrected chi connectivity index (χ1v) is 8.88. The van der Waals surface area contributed by atoms with Crippen molar-refractivity contribution in [1.82, 2.24) is 16.2 Å². The van der Waals surface area contributed by atoms with Crippen LogP contribution in [0.15, 0.2) is 24.3 Å². The number of hydrazine groups is 1. The maximum absolute atomic E-state index is 12.0. The average Bonchev–Trinajstić information content (AvgIpc) is 2.58. The number of carbonyl (C=O) groups is 1. The van der Waals surface area contributed by atoms with Gasteiger partial charge in [-0.1, -0.05) is 38.8 Å². The molecule has 24 heavy (non-hydrogen) atoms. The fraction of sp³-hybridized carbons (Fsp3) is 0.556. The summed E-state index contributed by atoms with van der Waals surface area (Å²) < 4.78 is 5.10. The van der Waals surface area contributed by atoms with Crippen LogP contribution >= 0.6 is 12.2 Å². The van der Waals surface area contributed by atoms with Crippen molar-refractivity contribution < 1.29 is 9.53 Å². The summed E-state index contributed by atoms with van der Waals surface area (Å²) in [5.74, 6) is 1.92. The lowest BCUT2D eigenvalue weighted by molar-refractivity contribution is -0.121. The van der Waals surface area contributed by atoms with Crippen LogP contribution in [0.4, 0.5) is 0 Å². The quantitative estimate of drug-likeness (QED) is 0.576. The molecule has 0 aromatic heterocycles. The van der Waals surface area contributed by atoms with E-state index >= 15 is 0 Å². The molecule has 0 saturated heterocycles. The molecule has 1 aromatic rings. The maximum Gasteiger partial charge on any atom is 0.242 e. The molecule has 3 N–H and O–H groups in total. The highest BCUT2D eigenvalue weighted by molar-refractivity contribution is 7.80. The molecule has 0 bridgehead atoms. The van der Waals surface area contributed by atoms with E-state index in [4.69, 9.17) is 17.0 Å². The van der Waals surface area contributed by atoms with Gasteiger partial charge in [-0.15, -0.1) is 0 Å². The molecule has 0 aliphatic heterocycles. The van der Waals surface area contributed by atoms with Crippen LogP contribution in [0, 0.1) is 11.8 Å². The van der Waals surface area contributed by atoms with Gasteiger partial charge in [0.2, 0.25) is 5.91 Å². The van der Waals surface area contributed by atoms with Crippen LogP contribution in [0.1, 0.15) is 38.7 Å². The molecule has 5 nitrogen and oxygen atoms in total. The minimum atomic E-state index is -0.130. The standard InChI is InChI=1S/C18H27N3O2S/c1-12-5-4-6-16(13(12)2)19-18(24)21-20-17(22)11-14-7-9-15(23-3)10-8-14/h7-10,12-13,16H,4-6,11H2,1-3H3,(H,20,22)(H2,19,21,24)/t12-,13-,16+/m1/s1. The van der Waals surface area contributed by atoms with Crippen molar-refractivity contribution in [3.05, 3.63) is 29.8 Å². The Labute approximate surface area is 149 Å². The fourth-order valence-corrected chi connectivity index (χ4v) is 3.29.